The quantitative estimate of drug-likeness (QED) is 0.887. The fourth-order valence-corrected chi connectivity index (χ4v) is 3.77. The van der Waals surface area contributed by atoms with Gasteiger partial charge in [0.1, 0.15) is 5.82 Å². The van der Waals surface area contributed by atoms with Gasteiger partial charge in [-0.15, -0.1) is 0 Å². The van der Waals surface area contributed by atoms with E-state index in [-0.39, 0.29) is 17.5 Å². The summed E-state index contributed by atoms with van der Waals surface area (Å²) in [5, 5.41) is 6.72. The first-order valence-corrected chi connectivity index (χ1v) is 9.51. The number of rotatable bonds is 3. The second kappa shape index (κ2) is 7.46. The van der Waals surface area contributed by atoms with E-state index in [2.05, 4.69) is 10.2 Å². The van der Waals surface area contributed by atoms with Crippen molar-refractivity contribution in [1.82, 2.24) is 19.7 Å². The smallest absolute Gasteiger partial charge is 0.343 e. The molecule has 1 saturated heterocycles. The Hall–Kier alpha value is -2.77. The molecule has 2 aromatic rings. The monoisotopic (exact) mass is 372 g/mol. The molecule has 0 bridgehead atoms. The van der Waals surface area contributed by atoms with Gasteiger partial charge in [0.25, 0.3) is 5.91 Å². The molecule has 0 atom stereocenters. The standard InChI is InChI=1S/C19H24N4O4/c1-2-23-17(20-21-19(23)25)13-6-8-22(9-7-13)18(24)14-4-5-15-16(12-14)27-11-3-10-26-15/h4-5,12-13H,2-3,6-11H2,1H3,(H,21,25). The molecule has 8 nitrogen and oxygen atoms in total. The van der Waals surface area contributed by atoms with Crippen LogP contribution in [0.2, 0.25) is 0 Å². The van der Waals surface area contributed by atoms with Gasteiger partial charge in [0.2, 0.25) is 0 Å². The number of ether oxygens (including phenoxy) is 2. The van der Waals surface area contributed by atoms with E-state index in [9.17, 15) is 9.59 Å². The number of nitrogens with one attached hydrogen (secondary N) is 1. The number of likely N-dealkylation sites (tertiary alicyclic amines) is 1. The SMILES string of the molecule is CCn1c(C2CCN(C(=O)c3ccc4c(c3)OCCCO4)CC2)n[nH]c1=O. The van der Waals surface area contributed by atoms with E-state index in [0.29, 0.717) is 49.9 Å². The third-order valence-electron chi connectivity index (χ3n) is 5.25. The third-order valence-corrected chi connectivity index (χ3v) is 5.25. The first kappa shape index (κ1) is 17.6. The van der Waals surface area contributed by atoms with E-state index in [1.807, 2.05) is 17.9 Å². The van der Waals surface area contributed by atoms with Gasteiger partial charge in [-0.2, -0.15) is 5.10 Å². The summed E-state index contributed by atoms with van der Waals surface area (Å²) in [4.78, 5) is 26.5. The van der Waals surface area contributed by atoms with Crippen molar-refractivity contribution in [2.24, 2.45) is 0 Å². The number of H-pyrrole nitrogens is 1. The van der Waals surface area contributed by atoms with Crippen LogP contribution in [0.25, 0.3) is 0 Å². The molecule has 1 amide bonds. The highest BCUT2D eigenvalue weighted by Gasteiger charge is 2.28. The van der Waals surface area contributed by atoms with Crippen molar-refractivity contribution in [3.8, 4) is 11.5 Å². The first-order valence-electron chi connectivity index (χ1n) is 9.51. The average molecular weight is 372 g/mol. The normalized spacial score (nSPS) is 17.6. The second-order valence-corrected chi connectivity index (χ2v) is 6.91. The van der Waals surface area contributed by atoms with Gasteiger partial charge in [-0.25, -0.2) is 9.89 Å². The van der Waals surface area contributed by atoms with Gasteiger partial charge in [0.15, 0.2) is 11.5 Å². The molecule has 2 aliphatic rings. The van der Waals surface area contributed by atoms with Gasteiger partial charge in [-0.1, -0.05) is 0 Å². The summed E-state index contributed by atoms with van der Waals surface area (Å²) >= 11 is 0. The van der Waals surface area contributed by atoms with Crippen molar-refractivity contribution >= 4 is 5.91 Å². The van der Waals surface area contributed by atoms with Gasteiger partial charge >= 0.3 is 5.69 Å². The maximum Gasteiger partial charge on any atom is 0.343 e. The molecule has 0 saturated carbocycles. The zero-order chi connectivity index (χ0) is 18.8. The summed E-state index contributed by atoms with van der Waals surface area (Å²) < 4.78 is 13.0. The summed E-state index contributed by atoms with van der Waals surface area (Å²) in [6.45, 7) is 5.04. The van der Waals surface area contributed by atoms with Gasteiger partial charge in [-0.05, 0) is 38.0 Å². The Morgan fingerprint density at radius 1 is 1.22 bits per heavy atom. The molecule has 27 heavy (non-hydrogen) atoms. The minimum atomic E-state index is -0.168. The lowest BCUT2D eigenvalue weighted by Gasteiger charge is -2.31. The average Bonchev–Trinajstić information content (AvgIpc) is 2.92. The minimum Gasteiger partial charge on any atom is -0.490 e. The molecule has 8 heteroatoms. The number of hydrogen-bond acceptors (Lipinski definition) is 5. The third kappa shape index (κ3) is 3.43. The van der Waals surface area contributed by atoms with Crippen molar-refractivity contribution < 1.29 is 14.3 Å². The Bertz CT molecular complexity index is 880. The van der Waals surface area contributed by atoms with Gasteiger partial charge < -0.3 is 14.4 Å². The lowest BCUT2D eigenvalue weighted by atomic mass is 9.95. The van der Waals surface area contributed by atoms with E-state index >= 15 is 0 Å². The van der Waals surface area contributed by atoms with Crippen LogP contribution in [0.1, 0.15) is 48.3 Å². The topological polar surface area (TPSA) is 89.4 Å². The summed E-state index contributed by atoms with van der Waals surface area (Å²) in [5.74, 6) is 2.32. The largest absolute Gasteiger partial charge is 0.490 e. The highest BCUT2D eigenvalue weighted by atomic mass is 16.5. The first-order chi connectivity index (χ1) is 13.2. The molecular formula is C19H24N4O4. The molecule has 3 heterocycles. The van der Waals surface area contributed by atoms with Crippen molar-refractivity contribution in [2.45, 2.75) is 38.6 Å². The Kier molecular flexibility index (Phi) is 4.87. The summed E-state index contributed by atoms with van der Waals surface area (Å²) in [5.41, 5.74) is 0.445. The number of carbonyl (C=O) groups excluding carboxylic acids is 1. The maximum atomic E-state index is 12.9. The fraction of sp³-hybridized carbons (Fsp3) is 0.526. The molecule has 0 unspecified atom stereocenters. The molecule has 1 N–H and O–H groups in total. The fourth-order valence-electron chi connectivity index (χ4n) is 3.77. The number of hydrogen-bond donors (Lipinski definition) is 1. The predicted molar refractivity (Wildman–Crippen MR) is 98.4 cm³/mol. The number of aromatic nitrogens is 3. The highest BCUT2D eigenvalue weighted by Crippen LogP contribution is 2.32. The lowest BCUT2D eigenvalue weighted by molar-refractivity contribution is 0.0709. The molecule has 144 valence electrons. The Morgan fingerprint density at radius 3 is 2.70 bits per heavy atom. The molecular weight excluding hydrogens is 348 g/mol. The summed E-state index contributed by atoms with van der Waals surface area (Å²) in [6.07, 6.45) is 2.42. The molecule has 1 aromatic carbocycles. The highest BCUT2D eigenvalue weighted by molar-refractivity contribution is 5.95. The van der Waals surface area contributed by atoms with Gasteiger partial charge in [-0.3, -0.25) is 9.36 Å². The number of fused-ring (bicyclic) bond motifs is 1. The Morgan fingerprint density at radius 2 is 1.96 bits per heavy atom. The molecule has 1 aromatic heterocycles. The minimum absolute atomic E-state index is 0.000920. The van der Waals surface area contributed by atoms with Crippen LogP contribution in [0.15, 0.2) is 23.0 Å². The van der Waals surface area contributed by atoms with Crippen LogP contribution in [0.5, 0.6) is 11.5 Å². The molecule has 0 aliphatic carbocycles. The van der Waals surface area contributed by atoms with Crippen LogP contribution in [0, 0.1) is 0 Å². The number of aromatic amines is 1. The zero-order valence-corrected chi connectivity index (χ0v) is 15.4. The Labute approximate surface area is 157 Å². The predicted octanol–water partition coefficient (Wildman–Crippen LogP) is 1.77. The molecule has 0 spiro atoms. The van der Waals surface area contributed by atoms with Gasteiger partial charge in [0, 0.05) is 37.5 Å². The number of piperidine rings is 1. The van der Waals surface area contributed by atoms with Crippen molar-refractivity contribution in [2.75, 3.05) is 26.3 Å². The van der Waals surface area contributed by atoms with E-state index in [0.717, 1.165) is 25.1 Å². The van der Waals surface area contributed by atoms with Crippen LogP contribution in [-0.2, 0) is 6.54 Å². The van der Waals surface area contributed by atoms with E-state index < -0.39 is 0 Å². The summed E-state index contributed by atoms with van der Waals surface area (Å²) in [7, 11) is 0. The van der Waals surface area contributed by atoms with Crippen LogP contribution < -0.4 is 15.2 Å². The molecule has 1 fully saturated rings. The van der Waals surface area contributed by atoms with Crippen LogP contribution in [0.4, 0.5) is 0 Å². The Balaban J connectivity index is 1.44. The molecule has 0 radical (unpaired) electrons. The van der Waals surface area contributed by atoms with Gasteiger partial charge in [0.05, 0.1) is 13.2 Å². The van der Waals surface area contributed by atoms with E-state index in [1.165, 1.54) is 0 Å². The summed E-state index contributed by atoms with van der Waals surface area (Å²) in [6, 6.07) is 5.38. The number of nitrogens with zero attached hydrogens (tertiary/aromatic N) is 3. The lowest BCUT2D eigenvalue weighted by Crippen LogP contribution is -2.38. The van der Waals surface area contributed by atoms with Crippen molar-refractivity contribution in [3.63, 3.8) is 0 Å². The molecule has 2 aliphatic heterocycles. The van der Waals surface area contributed by atoms with Crippen LogP contribution in [-0.4, -0.2) is 51.9 Å². The number of benzene rings is 1. The maximum absolute atomic E-state index is 12.9. The van der Waals surface area contributed by atoms with E-state index in [1.54, 1.807) is 16.7 Å². The number of carbonyl (C=O) groups is 1. The van der Waals surface area contributed by atoms with Crippen LogP contribution in [0.3, 0.4) is 0 Å². The second-order valence-electron chi connectivity index (χ2n) is 6.91. The molecule has 4 rings (SSSR count). The number of amides is 1. The van der Waals surface area contributed by atoms with E-state index in [4.69, 9.17) is 9.47 Å². The van der Waals surface area contributed by atoms with Crippen molar-refractivity contribution in [3.05, 3.63) is 40.1 Å². The van der Waals surface area contributed by atoms with Crippen molar-refractivity contribution in [1.29, 1.82) is 0 Å². The van der Waals surface area contributed by atoms with Crippen LogP contribution >= 0.6 is 0 Å². The zero-order valence-electron chi connectivity index (χ0n) is 15.4.